The predicted molar refractivity (Wildman–Crippen MR) is 75.9 cm³/mol. The van der Waals surface area contributed by atoms with Crippen LogP contribution in [0.3, 0.4) is 0 Å². The standard InChI is InChI=1S/C15H27N3O/c1-12(15(19)17-8-6-16-7-9-17)18(10-13-2-3-13)11-14-4-5-14/h12-14,16H,2-11H2,1H3. The van der Waals surface area contributed by atoms with E-state index in [1.165, 1.54) is 25.7 Å². The molecule has 4 nitrogen and oxygen atoms in total. The Balaban J connectivity index is 1.56. The molecule has 19 heavy (non-hydrogen) atoms. The van der Waals surface area contributed by atoms with Gasteiger partial charge in [-0.2, -0.15) is 0 Å². The first kappa shape index (κ1) is 13.4. The Morgan fingerprint density at radius 2 is 1.68 bits per heavy atom. The second kappa shape index (κ2) is 5.80. The van der Waals surface area contributed by atoms with Crippen molar-refractivity contribution in [2.75, 3.05) is 39.3 Å². The third-order valence-corrected chi connectivity index (χ3v) is 4.71. The summed E-state index contributed by atoms with van der Waals surface area (Å²) < 4.78 is 0. The molecular formula is C15H27N3O. The lowest BCUT2D eigenvalue weighted by molar-refractivity contribution is -0.137. The summed E-state index contributed by atoms with van der Waals surface area (Å²) in [5.74, 6) is 2.09. The summed E-state index contributed by atoms with van der Waals surface area (Å²) in [5.41, 5.74) is 0. The van der Waals surface area contributed by atoms with Crippen LogP contribution in [0.5, 0.6) is 0 Å². The molecule has 1 amide bonds. The van der Waals surface area contributed by atoms with Crippen LogP contribution in [0, 0.1) is 11.8 Å². The van der Waals surface area contributed by atoms with E-state index in [0.29, 0.717) is 5.91 Å². The maximum absolute atomic E-state index is 12.6. The Bertz CT molecular complexity index is 305. The number of piperazine rings is 1. The van der Waals surface area contributed by atoms with Crippen molar-refractivity contribution in [3.05, 3.63) is 0 Å². The Morgan fingerprint density at radius 3 is 2.16 bits per heavy atom. The van der Waals surface area contributed by atoms with Crippen LogP contribution in [-0.4, -0.2) is 61.0 Å². The summed E-state index contributed by atoms with van der Waals surface area (Å²) in [6.07, 6.45) is 5.48. The maximum Gasteiger partial charge on any atom is 0.239 e. The molecule has 1 aliphatic heterocycles. The van der Waals surface area contributed by atoms with Crippen LogP contribution in [0.15, 0.2) is 0 Å². The summed E-state index contributed by atoms with van der Waals surface area (Å²) in [6, 6.07) is 0.0827. The summed E-state index contributed by atoms with van der Waals surface area (Å²) in [4.78, 5) is 17.1. The smallest absolute Gasteiger partial charge is 0.239 e. The molecule has 2 aliphatic carbocycles. The molecule has 0 aromatic heterocycles. The van der Waals surface area contributed by atoms with Gasteiger partial charge in [0, 0.05) is 39.3 Å². The molecule has 0 aromatic carbocycles. The van der Waals surface area contributed by atoms with Crippen molar-refractivity contribution in [2.45, 2.75) is 38.6 Å². The topological polar surface area (TPSA) is 35.6 Å². The van der Waals surface area contributed by atoms with Crippen LogP contribution in [0.4, 0.5) is 0 Å². The Labute approximate surface area is 116 Å². The van der Waals surface area contributed by atoms with Crippen molar-refractivity contribution in [3.63, 3.8) is 0 Å². The van der Waals surface area contributed by atoms with E-state index in [2.05, 4.69) is 17.1 Å². The molecule has 0 radical (unpaired) electrons. The van der Waals surface area contributed by atoms with Crippen molar-refractivity contribution in [1.29, 1.82) is 0 Å². The molecule has 0 spiro atoms. The molecule has 3 fully saturated rings. The Kier molecular flexibility index (Phi) is 4.08. The van der Waals surface area contributed by atoms with Crippen molar-refractivity contribution in [3.8, 4) is 0 Å². The number of nitrogens with zero attached hydrogens (tertiary/aromatic N) is 2. The quantitative estimate of drug-likeness (QED) is 0.776. The van der Waals surface area contributed by atoms with Gasteiger partial charge in [0.2, 0.25) is 5.91 Å². The molecule has 0 aromatic rings. The highest BCUT2D eigenvalue weighted by molar-refractivity contribution is 5.81. The van der Waals surface area contributed by atoms with Crippen LogP contribution in [0.2, 0.25) is 0 Å². The van der Waals surface area contributed by atoms with Gasteiger partial charge in [-0.3, -0.25) is 9.69 Å². The first-order valence-electron chi connectivity index (χ1n) is 7.97. The van der Waals surface area contributed by atoms with E-state index in [0.717, 1.165) is 51.1 Å². The number of carbonyl (C=O) groups is 1. The fraction of sp³-hybridized carbons (Fsp3) is 0.933. The van der Waals surface area contributed by atoms with Gasteiger partial charge in [0.1, 0.15) is 0 Å². The number of amides is 1. The van der Waals surface area contributed by atoms with Gasteiger partial charge < -0.3 is 10.2 Å². The van der Waals surface area contributed by atoms with Crippen molar-refractivity contribution in [2.24, 2.45) is 11.8 Å². The molecule has 3 rings (SSSR count). The minimum atomic E-state index is 0.0827. The molecule has 0 bridgehead atoms. The molecule has 1 heterocycles. The number of carbonyl (C=O) groups excluding carboxylic acids is 1. The van der Waals surface area contributed by atoms with E-state index in [1.54, 1.807) is 0 Å². The van der Waals surface area contributed by atoms with Gasteiger partial charge in [0.15, 0.2) is 0 Å². The third kappa shape index (κ3) is 3.69. The highest BCUT2D eigenvalue weighted by Crippen LogP contribution is 2.34. The molecule has 2 saturated carbocycles. The van der Waals surface area contributed by atoms with E-state index in [4.69, 9.17) is 0 Å². The van der Waals surface area contributed by atoms with Gasteiger partial charge in [-0.15, -0.1) is 0 Å². The van der Waals surface area contributed by atoms with Crippen molar-refractivity contribution >= 4 is 5.91 Å². The lowest BCUT2D eigenvalue weighted by Crippen LogP contribution is -2.53. The van der Waals surface area contributed by atoms with Gasteiger partial charge in [-0.25, -0.2) is 0 Å². The summed E-state index contributed by atoms with van der Waals surface area (Å²) in [7, 11) is 0. The average Bonchev–Trinajstić information content (AvgIpc) is 3.32. The molecule has 3 aliphatic rings. The normalized spacial score (nSPS) is 25.7. The molecule has 1 N–H and O–H groups in total. The molecule has 1 saturated heterocycles. The highest BCUT2D eigenvalue weighted by atomic mass is 16.2. The van der Waals surface area contributed by atoms with Crippen LogP contribution < -0.4 is 5.32 Å². The number of nitrogens with one attached hydrogen (secondary N) is 1. The Hall–Kier alpha value is -0.610. The van der Waals surface area contributed by atoms with E-state index >= 15 is 0 Å². The van der Waals surface area contributed by atoms with Gasteiger partial charge in [0.05, 0.1) is 6.04 Å². The number of hydrogen-bond donors (Lipinski definition) is 1. The SMILES string of the molecule is CC(C(=O)N1CCNCC1)N(CC1CC1)CC1CC1. The third-order valence-electron chi connectivity index (χ3n) is 4.71. The zero-order chi connectivity index (χ0) is 13.2. The minimum absolute atomic E-state index is 0.0827. The van der Waals surface area contributed by atoms with Gasteiger partial charge in [-0.1, -0.05) is 0 Å². The average molecular weight is 265 g/mol. The van der Waals surface area contributed by atoms with Crippen molar-refractivity contribution < 1.29 is 4.79 Å². The molecule has 1 atom stereocenters. The van der Waals surface area contributed by atoms with E-state index in [-0.39, 0.29) is 6.04 Å². The summed E-state index contributed by atoms with van der Waals surface area (Å²) in [5, 5.41) is 3.31. The molecular weight excluding hydrogens is 238 g/mol. The fourth-order valence-electron chi connectivity index (χ4n) is 2.96. The van der Waals surface area contributed by atoms with Crippen molar-refractivity contribution in [1.82, 2.24) is 15.1 Å². The highest BCUT2D eigenvalue weighted by Gasteiger charge is 2.34. The van der Waals surface area contributed by atoms with Gasteiger partial charge >= 0.3 is 0 Å². The molecule has 108 valence electrons. The minimum Gasteiger partial charge on any atom is -0.339 e. The first-order valence-corrected chi connectivity index (χ1v) is 7.97. The van der Waals surface area contributed by atoms with Gasteiger partial charge in [0.25, 0.3) is 0 Å². The maximum atomic E-state index is 12.6. The Morgan fingerprint density at radius 1 is 1.16 bits per heavy atom. The predicted octanol–water partition coefficient (Wildman–Crippen LogP) is 0.929. The second-order valence-corrected chi connectivity index (χ2v) is 6.59. The lowest BCUT2D eigenvalue weighted by atomic mass is 10.2. The van der Waals surface area contributed by atoms with E-state index in [1.807, 2.05) is 4.90 Å². The summed E-state index contributed by atoms with van der Waals surface area (Å²) in [6.45, 7) is 8.07. The zero-order valence-electron chi connectivity index (χ0n) is 12.1. The first-order chi connectivity index (χ1) is 9.24. The zero-order valence-corrected chi connectivity index (χ0v) is 12.1. The largest absolute Gasteiger partial charge is 0.339 e. The summed E-state index contributed by atoms with van der Waals surface area (Å²) >= 11 is 0. The molecule has 1 unspecified atom stereocenters. The second-order valence-electron chi connectivity index (χ2n) is 6.59. The van der Waals surface area contributed by atoms with Crippen LogP contribution in [0.1, 0.15) is 32.6 Å². The monoisotopic (exact) mass is 265 g/mol. The fourth-order valence-corrected chi connectivity index (χ4v) is 2.96. The number of rotatable bonds is 6. The van der Waals surface area contributed by atoms with Crippen LogP contribution >= 0.6 is 0 Å². The number of hydrogen-bond acceptors (Lipinski definition) is 3. The van der Waals surface area contributed by atoms with E-state index < -0.39 is 0 Å². The van der Waals surface area contributed by atoms with Crippen LogP contribution in [-0.2, 0) is 4.79 Å². The van der Waals surface area contributed by atoms with Crippen LogP contribution in [0.25, 0.3) is 0 Å². The lowest BCUT2D eigenvalue weighted by Gasteiger charge is -2.35. The molecule has 4 heteroatoms. The van der Waals surface area contributed by atoms with Gasteiger partial charge in [-0.05, 0) is 44.4 Å². The van der Waals surface area contributed by atoms with E-state index in [9.17, 15) is 4.79 Å².